The molecule has 104 valence electrons. The van der Waals surface area contributed by atoms with Crippen LogP contribution >= 0.6 is 0 Å². The SMILES string of the molecule is O=C1CC(Nc2cccc(-c3cnco3)c2)CCCN1. The summed E-state index contributed by atoms with van der Waals surface area (Å²) in [5, 5.41) is 6.32. The monoisotopic (exact) mass is 271 g/mol. The average Bonchev–Trinajstić information content (AvgIpc) is 2.91. The van der Waals surface area contributed by atoms with Crippen molar-refractivity contribution < 1.29 is 9.21 Å². The summed E-state index contributed by atoms with van der Waals surface area (Å²) in [7, 11) is 0. The number of carbonyl (C=O) groups excluding carboxylic acids is 1. The zero-order valence-corrected chi connectivity index (χ0v) is 11.1. The van der Waals surface area contributed by atoms with Crippen molar-refractivity contribution in [3.8, 4) is 11.3 Å². The Morgan fingerprint density at radius 3 is 3.20 bits per heavy atom. The van der Waals surface area contributed by atoms with Crippen LogP contribution in [-0.2, 0) is 4.79 Å². The zero-order valence-electron chi connectivity index (χ0n) is 11.1. The number of rotatable bonds is 3. The number of benzene rings is 1. The number of hydrogen-bond donors (Lipinski definition) is 2. The summed E-state index contributed by atoms with van der Waals surface area (Å²) in [5.41, 5.74) is 1.98. The summed E-state index contributed by atoms with van der Waals surface area (Å²) >= 11 is 0. The van der Waals surface area contributed by atoms with Crippen molar-refractivity contribution in [1.82, 2.24) is 10.3 Å². The molecule has 0 saturated carbocycles. The Morgan fingerprint density at radius 1 is 1.40 bits per heavy atom. The molecule has 0 bridgehead atoms. The van der Waals surface area contributed by atoms with Crippen LogP contribution in [0.4, 0.5) is 5.69 Å². The molecule has 0 aliphatic carbocycles. The van der Waals surface area contributed by atoms with Gasteiger partial charge in [0.15, 0.2) is 12.2 Å². The first-order valence-corrected chi connectivity index (χ1v) is 6.83. The van der Waals surface area contributed by atoms with E-state index in [1.165, 1.54) is 6.39 Å². The molecule has 1 saturated heterocycles. The third-order valence-electron chi connectivity index (χ3n) is 3.43. The first-order valence-electron chi connectivity index (χ1n) is 6.83. The smallest absolute Gasteiger partial charge is 0.222 e. The minimum Gasteiger partial charge on any atom is -0.444 e. The minimum atomic E-state index is 0.117. The van der Waals surface area contributed by atoms with E-state index in [2.05, 4.69) is 15.6 Å². The van der Waals surface area contributed by atoms with Gasteiger partial charge in [-0.05, 0) is 25.0 Å². The molecule has 1 amide bonds. The second-order valence-corrected chi connectivity index (χ2v) is 4.98. The van der Waals surface area contributed by atoms with Crippen molar-refractivity contribution in [1.29, 1.82) is 0 Å². The van der Waals surface area contributed by atoms with E-state index in [-0.39, 0.29) is 11.9 Å². The van der Waals surface area contributed by atoms with Crippen molar-refractivity contribution >= 4 is 11.6 Å². The predicted molar refractivity (Wildman–Crippen MR) is 76.2 cm³/mol. The second kappa shape index (κ2) is 5.77. The molecule has 1 aromatic heterocycles. The molecule has 1 aromatic carbocycles. The summed E-state index contributed by atoms with van der Waals surface area (Å²) < 4.78 is 5.30. The van der Waals surface area contributed by atoms with Crippen LogP contribution in [0, 0.1) is 0 Å². The van der Waals surface area contributed by atoms with Gasteiger partial charge in [-0.3, -0.25) is 4.79 Å². The lowest BCUT2D eigenvalue weighted by molar-refractivity contribution is -0.120. The molecule has 2 heterocycles. The maximum Gasteiger partial charge on any atom is 0.222 e. The predicted octanol–water partition coefficient (Wildman–Crippen LogP) is 2.42. The fourth-order valence-electron chi connectivity index (χ4n) is 2.45. The molecule has 1 aliphatic heterocycles. The van der Waals surface area contributed by atoms with Crippen LogP contribution < -0.4 is 10.6 Å². The van der Waals surface area contributed by atoms with E-state index in [1.54, 1.807) is 6.20 Å². The third-order valence-corrected chi connectivity index (χ3v) is 3.43. The number of carbonyl (C=O) groups is 1. The fourth-order valence-corrected chi connectivity index (χ4v) is 2.45. The van der Waals surface area contributed by atoms with Gasteiger partial charge in [-0.2, -0.15) is 0 Å². The summed E-state index contributed by atoms with van der Waals surface area (Å²) in [6, 6.07) is 8.15. The number of amides is 1. The highest BCUT2D eigenvalue weighted by molar-refractivity contribution is 5.77. The van der Waals surface area contributed by atoms with E-state index < -0.39 is 0 Å². The Morgan fingerprint density at radius 2 is 2.35 bits per heavy atom. The summed E-state index contributed by atoms with van der Waals surface area (Å²) in [6.07, 6.45) is 5.63. The number of hydrogen-bond acceptors (Lipinski definition) is 4. The van der Waals surface area contributed by atoms with Crippen LogP contribution in [0.1, 0.15) is 19.3 Å². The lowest BCUT2D eigenvalue weighted by Crippen LogP contribution is -2.26. The van der Waals surface area contributed by atoms with E-state index >= 15 is 0 Å². The molecule has 5 nitrogen and oxygen atoms in total. The number of aromatic nitrogens is 1. The van der Waals surface area contributed by atoms with Crippen LogP contribution in [0.15, 0.2) is 41.3 Å². The van der Waals surface area contributed by atoms with Crippen LogP contribution in [0.25, 0.3) is 11.3 Å². The van der Waals surface area contributed by atoms with Gasteiger partial charge in [0.1, 0.15) is 0 Å². The van der Waals surface area contributed by atoms with Gasteiger partial charge in [0, 0.05) is 30.3 Å². The van der Waals surface area contributed by atoms with E-state index in [9.17, 15) is 4.79 Å². The first-order chi connectivity index (χ1) is 9.81. The molecular weight excluding hydrogens is 254 g/mol. The Labute approximate surface area is 117 Å². The molecule has 1 atom stereocenters. The van der Waals surface area contributed by atoms with Gasteiger partial charge in [0.25, 0.3) is 0 Å². The Bertz CT molecular complexity index is 581. The highest BCUT2D eigenvalue weighted by atomic mass is 16.3. The minimum absolute atomic E-state index is 0.117. The normalized spacial score (nSPS) is 19.2. The molecule has 1 unspecified atom stereocenters. The molecule has 1 fully saturated rings. The fraction of sp³-hybridized carbons (Fsp3) is 0.333. The van der Waals surface area contributed by atoms with Crippen LogP contribution in [0.5, 0.6) is 0 Å². The van der Waals surface area contributed by atoms with Crippen LogP contribution in [0.2, 0.25) is 0 Å². The third kappa shape index (κ3) is 2.99. The number of anilines is 1. The molecule has 20 heavy (non-hydrogen) atoms. The molecule has 2 aromatic rings. The Kier molecular flexibility index (Phi) is 3.67. The van der Waals surface area contributed by atoms with Crippen molar-refractivity contribution in [2.24, 2.45) is 0 Å². The highest BCUT2D eigenvalue weighted by Crippen LogP contribution is 2.23. The van der Waals surface area contributed by atoms with Gasteiger partial charge in [-0.1, -0.05) is 12.1 Å². The van der Waals surface area contributed by atoms with Crippen molar-refractivity contribution in [3.05, 3.63) is 36.9 Å². The summed E-state index contributed by atoms with van der Waals surface area (Å²) in [4.78, 5) is 15.5. The summed E-state index contributed by atoms with van der Waals surface area (Å²) in [5.74, 6) is 0.860. The van der Waals surface area contributed by atoms with Gasteiger partial charge in [0.2, 0.25) is 5.91 Å². The largest absolute Gasteiger partial charge is 0.444 e. The van der Waals surface area contributed by atoms with E-state index in [1.807, 2.05) is 24.3 Å². The number of oxazole rings is 1. The summed E-state index contributed by atoms with van der Waals surface area (Å²) in [6.45, 7) is 0.773. The van der Waals surface area contributed by atoms with Gasteiger partial charge in [-0.15, -0.1) is 0 Å². The molecule has 1 aliphatic rings. The zero-order chi connectivity index (χ0) is 13.8. The lowest BCUT2D eigenvalue weighted by atomic mass is 10.1. The van der Waals surface area contributed by atoms with Crippen LogP contribution in [-0.4, -0.2) is 23.5 Å². The van der Waals surface area contributed by atoms with Crippen molar-refractivity contribution in [3.63, 3.8) is 0 Å². The highest BCUT2D eigenvalue weighted by Gasteiger charge is 2.17. The van der Waals surface area contributed by atoms with Gasteiger partial charge in [0.05, 0.1) is 6.20 Å². The number of nitrogens with one attached hydrogen (secondary N) is 2. The molecule has 5 heteroatoms. The standard InChI is InChI=1S/C15H17N3O2/c19-15-8-13(5-2-6-17-15)18-12-4-1-3-11(7-12)14-9-16-10-20-14/h1,3-4,7,9-10,13,18H,2,5-6,8H2,(H,17,19). The average molecular weight is 271 g/mol. The van der Waals surface area contributed by atoms with Crippen molar-refractivity contribution in [2.45, 2.75) is 25.3 Å². The molecule has 2 N–H and O–H groups in total. The molecule has 0 radical (unpaired) electrons. The van der Waals surface area contributed by atoms with E-state index in [0.717, 1.165) is 36.4 Å². The quantitative estimate of drug-likeness (QED) is 0.899. The molecule has 0 spiro atoms. The second-order valence-electron chi connectivity index (χ2n) is 4.98. The van der Waals surface area contributed by atoms with Crippen molar-refractivity contribution in [2.75, 3.05) is 11.9 Å². The maximum absolute atomic E-state index is 11.6. The first kappa shape index (κ1) is 12.7. The van der Waals surface area contributed by atoms with Gasteiger partial charge >= 0.3 is 0 Å². The van der Waals surface area contributed by atoms with Crippen LogP contribution in [0.3, 0.4) is 0 Å². The molecular formula is C15H17N3O2. The Balaban J connectivity index is 1.74. The van der Waals surface area contributed by atoms with Gasteiger partial charge in [-0.25, -0.2) is 4.98 Å². The van der Waals surface area contributed by atoms with E-state index in [0.29, 0.717) is 6.42 Å². The lowest BCUT2D eigenvalue weighted by Gasteiger charge is -2.17. The Hall–Kier alpha value is -2.30. The molecule has 3 rings (SSSR count). The topological polar surface area (TPSA) is 67.2 Å². The maximum atomic E-state index is 11.6. The van der Waals surface area contributed by atoms with Gasteiger partial charge < -0.3 is 15.1 Å². The van der Waals surface area contributed by atoms with E-state index in [4.69, 9.17) is 4.42 Å². The number of nitrogens with zero attached hydrogens (tertiary/aromatic N) is 1.